The van der Waals surface area contributed by atoms with E-state index in [1.807, 2.05) is 0 Å². The van der Waals surface area contributed by atoms with Crippen molar-refractivity contribution in [1.82, 2.24) is 0 Å². The van der Waals surface area contributed by atoms with Crippen molar-refractivity contribution in [3.8, 4) is 5.75 Å². The average Bonchev–Trinajstić information content (AvgIpc) is 2.90. The van der Waals surface area contributed by atoms with Gasteiger partial charge in [0.15, 0.2) is 5.78 Å². The maximum absolute atomic E-state index is 12.7. The minimum absolute atomic E-state index is 0.0801. The Balaban J connectivity index is 1.95. The van der Waals surface area contributed by atoms with E-state index in [-0.39, 0.29) is 28.8 Å². The topological polar surface area (TPSA) is 57.6 Å². The number of amides is 1. The molecule has 1 aliphatic heterocycles. The van der Waals surface area contributed by atoms with Gasteiger partial charge in [-0.05, 0) is 36.4 Å². The monoisotopic (exact) mass is 333 g/mol. The number of ketones is 1. The number of rotatable bonds is 3. The van der Waals surface area contributed by atoms with Gasteiger partial charge in [-0.1, -0.05) is 23.7 Å². The van der Waals surface area contributed by atoms with Crippen molar-refractivity contribution < 1.29 is 14.7 Å². The molecule has 4 nitrogen and oxygen atoms in total. The number of carbonyl (C=O) groups is 2. The highest BCUT2D eigenvalue weighted by molar-refractivity contribution is 8.02. The van der Waals surface area contributed by atoms with Gasteiger partial charge in [0.1, 0.15) is 11.1 Å². The van der Waals surface area contributed by atoms with E-state index in [1.54, 1.807) is 42.5 Å². The number of hydrogen-bond acceptors (Lipinski definition) is 4. The van der Waals surface area contributed by atoms with E-state index in [2.05, 4.69) is 0 Å². The first kappa shape index (κ1) is 14.9. The first-order valence-electron chi connectivity index (χ1n) is 6.59. The second-order valence-corrected chi connectivity index (χ2v) is 6.29. The molecule has 1 amide bonds. The second kappa shape index (κ2) is 6.02. The highest BCUT2D eigenvalue weighted by Gasteiger charge is 2.38. The smallest absolute Gasteiger partial charge is 0.238 e. The zero-order valence-electron chi connectivity index (χ0n) is 11.4. The summed E-state index contributed by atoms with van der Waals surface area (Å²) < 4.78 is 0. The maximum atomic E-state index is 12.7. The lowest BCUT2D eigenvalue weighted by molar-refractivity contribution is -0.115. The summed E-state index contributed by atoms with van der Waals surface area (Å²) in [5.41, 5.74) is 0.835. The Morgan fingerprint density at radius 3 is 2.55 bits per heavy atom. The number of anilines is 1. The fourth-order valence-corrected chi connectivity index (χ4v) is 3.55. The van der Waals surface area contributed by atoms with Gasteiger partial charge in [0.25, 0.3) is 0 Å². The van der Waals surface area contributed by atoms with Crippen LogP contribution in [0.2, 0.25) is 5.02 Å². The Bertz CT molecular complexity index is 732. The average molecular weight is 334 g/mol. The summed E-state index contributed by atoms with van der Waals surface area (Å²) in [7, 11) is 0. The molecule has 1 N–H and O–H groups in total. The van der Waals surface area contributed by atoms with Crippen molar-refractivity contribution in [2.45, 2.75) is 5.37 Å². The van der Waals surface area contributed by atoms with Crippen LogP contribution in [-0.2, 0) is 4.79 Å². The summed E-state index contributed by atoms with van der Waals surface area (Å²) in [6, 6.07) is 13.1. The van der Waals surface area contributed by atoms with Crippen LogP contribution in [-0.4, -0.2) is 27.9 Å². The number of para-hydroxylation sites is 1. The molecule has 2 aromatic rings. The second-order valence-electron chi connectivity index (χ2n) is 4.78. The standard InChI is InChI=1S/C16H12ClNO3S/c17-10-5-7-11(8-6-10)18-14(20)9-22-16(18)15(21)12-3-1-2-4-13(12)19/h1-8,16,19H,9H2. The third-order valence-corrected chi connectivity index (χ3v) is 4.77. The molecule has 6 heteroatoms. The predicted molar refractivity (Wildman–Crippen MR) is 87.6 cm³/mol. The molecule has 1 aliphatic rings. The van der Waals surface area contributed by atoms with Crippen LogP contribution >= 0.6 is 23.4 Å². The summed E-state index contributed by atoms with van der Waals surface area (Å²) in [6.07, 6.45) is 0. The van der Waals surface area contributed by atoms with Crippen molar-refractivity contribution in [3.63, 3.8) is 0 Å². The zero-order valence-corrected chi connectivity index (χ0v) is 13.0. The van der Waals surface area contributed by atoms with Crippen LogP contribution in [0.1, 0.15) is 10.4 Å². The predicted octanol–water partition coefficient (Wildman–Crippen LogP) is 3.33. The van der Waals surface area contributed by atoms with Crippen LogP contribution in [0, 0.1) is 0 Å². The lowest BCUT2D eigenvalue weighted by Gasteiger charge is -2.23. The Morgan fingerprint density at radius 2 is 1.86 bits per heavy atom. The van der Waals surface area contributed by atoms with Gasteiger partial charge in [-0.25, -0.2) is 0 Å². The normalized spacial score (nSPS) is 17.8. The molecule has 3 rings (SSSR count). The fourth-order valence-electron chi connectivity index (χ4n) is 2.31. The number of nitrogens with zero attached hydrogens (tertiary/aromatic N) is 1. The third-order valence-electron chi connectivity index (χ3n) is 3.37. The Hall–Kier alpha value is -1.98. The first-order valence-corrected chi connectivity index (χ1v) is 8.02. The molecule has 0 aromatic heterocycles. The molecule has 0 aliphatic carbocycles. The number of Topliss-reactive ketones (excluding diaryl/α,β-unsaturated/α-hetero) is 1. The van der Waals surface area contributed by atoms with E-state index >= 15 is 0 Å². The number of phenolic OH excluding ortho intramolecular Hbond substituents is 1. The Kier molecular flexibility index (Phi) is 4.09. The van der Waals surface area contributed by atoms with Crippen molar-refractivity contribution in [2.75, 3.05) is 10.7 Å². The lowest BCUT2D eigenvalue weighted by Crippen LogP contribution is -2.37. The van der Waals surface area contributed by atoms with Crippen LogP contribution in [0.5, 0.6) is 5.75 Å². The van der Waals surface area contributed by atoms with Crippen LogP contribution in [0.25, 0.3) is 0 Å². The summed E-state index contributed by atoms with van der Waals surface area (Å²) in [4.78, 5) is 26.3. The molecule has 112 valence electrons. The van der Waals surface area contributed by atoms with Crippen molar-refractivity contribution in [2.24, 2.45) is 0 Å². The highest BCUT2D eigenvalue weighted by atomic mass is 35.5. The molecule has 1 unspecified atom stereocenters. The van der Waals surface area contributed by atoms with Gasteiger partial charge in [0, 0.05) is 10.7 Å². The number of thioether (sulfide) groups is 1. The molecule has 0 spiro atoms. The minimum Gasteiger partial charge on any atom is -0.507 e. The third kappa shape index (κ3) is 2.69. The summed E-state index contributed by atoms with van der Waals surface area (Å²) in [6.45, 7) is 0. The lowest BCUT2D eigenvalue weighted by atomic mass is 10.1. The van der Waals surface area contributed by atoms with Crippen LogP contribution in [0.3, 0.4) is 0 Å². The molecule has 2 aromatic carbocycles. The largest absolute Gasteiger partial charge is 0.507 e. The first-order chi connectivity index (χ1) is 10.6. The number of hydrogen-bond donors (Lipinski definition) is 1. The molecule has 1 heterocycles. The molecular weight excluding hydrogens is 322 g/mol. The number of phenols is 1. The zero-order chi connectivity index (χ0) is 15.7. The summed E-state index contributed by atoms with van der Waals surface area (Å²) in [5, 5.41) is 9.73. The SMILES string of the molecule is O=C(c1ccccc1O)C1SCC(=O)N1c1ccc(Cl)cc1. The van der Waals surface area contributed by atoms with Gasteiger partial charge in [-0.3, -0.25) is 14.5 Å². The molecule has 22 heavy (non-hydrogen) atoms. The molecule has 1 saturated heterocycles. The quantitative estimate of drug-likeness (QED) is 0.875. The van der Waals surface area contributed by atoms with Crippen molar-refractivity contribution in [3.05, 3.63) is 59.1 Å². The molecule has 0 saturated carbocycles. The molecular formula is C16H12ClNO3S. The molecule has 1 fully saturated rings. The molecule has 0 radical (unpaired) electrons. The van der Waals surface area contributed by atoms with Crippen LogP contribution < -0.4 is 4.90 Å². The fraction of sp³-hybridized carbons (Fsp3) is 0.125. The van der Waals surface area contributed by atoms with Gasteiger partial charge in [-0.15, -0.1) is 11.8 Å². The van der Waals surface area contributed by atoms with Crippen molar-refractivity contribution >= 4 is 40.7 Å². The van der Waals surface area contributed by atoms with Gasteiger partial charge in [0.2, 0.25) is 5.91 Å². The molecule has 0 bridgehead atoms. The minimum atomic E-state index is -0.679. The van der Waals surface area contributed by atoms with E-state index in [0.717, 1.165) is 0 Å². The van der Waals surface area contributed by atoms with Crippen LogP contribution in [0.15, 0.2) is 48.5 Å². The van der Waals surface area contributed by atoms with Crippen molar-refractivity contribution in [1.29, 1.82) is 0 Å². The number of halogens is 1. The molecule has 1 atom stereocenters. The van der Waals surface area contributed by atoms with E-state index < -0.39 is 5.37 Å². The summed E-state index contributed by atoms with van der Waals surface area (Å²) >= 11 is 7.11. The number of carbonyl (C=O) groups excluding carboxylic acids is 2. The maximum Gasteiger partial charge on any atom is 0.238 e. The number of benzene rings is 2. The Morgan fingerprint density at radius 1 is 1.18 bits per heavy atom. The van der Waals surface area contributed by atoms with Gasteiger partial charge in [-0.2, -0.15) is 0 Å². The Labute approximate surface area is 136 Å². The van der Waals surface area contributed by atoms with Gasteiger partial charge >= 0.3 is 0 Å². The van der Waals surface area contributed by atoms with E-state index in [0.29, 0.717) is 10.7 Å². The van der Waals surface area contributed by atoms with Gasteiger partial charge in [0.05, 0.1) is 11.3 Å². The highest BCUT2D eigenvalue weighted by Crippen LogP contribution is 2.34. The number of aromatic hydroxyl groups is 1. The van der Waals surface area contributed by atoms with E-state index in [1.165, 1.54) is 22.7 Å². The van der Waals surface area contributed by atoms with E-state index in [9.17, 15) is 14.7 Å². The summed E-state index contributed by atoms with van der Waals surface area (Å²) in [5.74, 6) is -0.277. The van der Waals surface area contributed by atoms with Crippen LogP contribution in [0.4, 0.5) is 5.69 Å². The van der Waals surface area contributed by atoms with E-state index in [4.69, 9.17) is 11.6 Å². The van der Waals surface area contributed by atoms with Gasteiger partial charge < -0.3 is 5.11 Å².